The topological polar surface area (TPSA) is 58.6 Å². The molecule has 0 saturated heterocycles. The molecule has 142 valence electrons. The van der Waals surface area contributed by atoms with Crippen LogP contribution in [0.3, 0.4) is 0 Å². The van der Waals surface area contributed by atoms with E-state index in [1.807, 2.05) is 0 Å². The van der Waals surface area contributed by atoms with E-state index >= 15 is 0 Å². The number of benzene rings is 2. The van der Waals surface area contributed by atoms with Crippen molar-refractivity contribution in [2.75, 3.05) is 26.0 Å². The van der Waals surface area contributed by atoms with Crippen molar-refractivity contribution in [3.63, 3.8) is 0 Å². The van der Waals surface area contributed by atoms with E-state index in [0.717, 1.165) is 5.56 Å². The Hall–Kier alpha value is -2.21. The summed E-state index contributed by atoms with van der Waals surface area (Å²) >= 11 is 17.7. The van der Waals surface area contributed by atoms with Crippen LogP contribution in [-0.2, 0) is 9.59 Å². The van der Waals surface area contributed by atoms with Crippen molar-refractivity contribution in [1.29, 1.82) is 0 Å². The van der Waals surface area contributed by atoms with Gasteiger partial charge in [0.2, 0.25) is 11.8 Å². The number of anilines is 1. The van der Waals surface area contributed by atoms with Crippen molar-refractivity contribution >= 4 is 58.4 Å². The summed E-state index contributed by atoms with van der Waals surface area (Å²) in [5.74, 6) is -0.245. The summed E-state index contributed by atoms with van der Waals surface area (Å²) < 4.78 is 5.17. The van der Waals surface area contributed by atoms with Gasteiger partial charge < -0.3 is 15.0 Å². The molecule has 1 N–H and O–H groups in total. The molecule has 0 aromatic heterocycles. The second-order valence-electron chi connectivity index (χ2n) is 5.59. The number of amides is 2. The molecule has 0 atom stereocenters. The number of carbonyl (C=O) groups excluding carboxylic acids is 2. The molecule has 0 heterocycles. The van der Waals surface area contributed by atoms with Crippen LogP contribution in [0.1, 0.15) is 5.56 Å². The van der Waals surface area contributed by atoms with Crippen molar-refractivity contribution in [3.8, 4) is 5.75 Å². The zero-order chi connectivity index (χ0) is 20.0. The van der Waals surface area contributed by atoms with Gasteiger partial charge in [0.25, 0.3) is 0 Å². The van der Waals surface area contributed by atoms with E-state index in [0.29, 0.717) is 26.5 Å². The molecule has 0 spiro atoms. The van der Waals surface area contributed by atoms with Crippen LogP contribution < -0.4 is 10.1 Å². The highest BCUT2D eigenvalue weighted by molar-refractivity contribution is 6.42. The number of carbonyl (C=O) groups is 2. The van der Waals surface area contributed by atoms with Gasteiger partial charge in [0.05, 0.1) is 29.4 Å². The Bertz CT molecular complexity index is 884. The number of rotatable bonds is 6. The zero-order valence-corrected chi connectivity index (χ0v) is 16.9. The Kier molecular flexibility index (Phi) is 7.54. The van der Waals surface area contributed by atoms with E-state index in [2.05, 4.69) is 5.32 Å². The quantitative estimate of drug-likeness (QED) is 0.676. The van der Waals surface area contributed by atoms with E-state index < -0.39 is 0 Å². The van der Waals surface area contributed by atoms with E-state index in [9.17, 15) is 9.59 Å². The summed E-state index contributed by atoms with van der Waals surface area (Å²) in [6, 6.07) is 9.89. The molecule has 2 amide bonds. The van der Waals surface area contributed by atoms with Gasteiger partial charge in [0, 0.05) is 18.1 Å². The van der Waals surface area contributed by atoms with Crippen molar-refractivity contribution in [1.82, 2.24) is 4.90 Å². The van der Waals surface area contributed by atoms with E-state index in [-0.39, 0.29) is 18.4 Å². The van der Waals surface area contributed by atoms with Gasteiger partial charge in [-0.25, -0.2) is 0 Å². The predicted octanol–water partition coefficient (Wildman–Crippen LogP) is 4.77. The molecule has 0 unspecified atom stereocenters. The van der Waals surface area contributed by atoms with Gasteiger partial charge in [0.15, 0.2) is 0 Å². The molecule has 27 heavy (non-hydrogen) atoms. The van der Waals surface area contributed by atoms with Crippen LogP contribution in [0.15, 0.2) is 42.5 Å². The highest BCUT2D eigenvalue weighted by Gasteiger charge is 2.13. The zero-order valence-electron chi connectivity index (χ0n) is 14.6. The molecule has 0 aliphatic carbocycles. The second kappa shape index (κ2) is 9.65. The minimum Gasteiger partial charge on any atom is -0.495 e. The first-order chi connectivity index (χ1) is 12.8. The number of hydrogen-bond donors (Lipinski definition) is 1. The molecule has 0 bridgehead atoms. The molecule has 0 radical (unpaired) electrons. The Balaban J connectivity index is 1.97. The first-order valence-corrected chi connectivity index (χ1v) is 8.95. The van der Waals surface area contributed by atoms with Crippen LogP contribution in [-0.4, -0.2) is 37.4 Å². The van der Waals surface area contributed by atoms with Crippen molar-refractivity contribution in [2.45, 2.75) is 0 Å². The molecule has 2 rings (SSSR count). The molecule has 0 aliphatic heterocycles. The summed E-state index contributed by atoms with van der Waals surface area (Å²) in [5, 5.41) is 3.97. The van der Waals surface area contributed by atoms with Crippen LogP contribution in [0, 0.1) is 0 Å². The average molecular weight is 428 g/mol. The van der Waals surface area contributed by atoms with Crippen molar-refractivity contribution in [3.05, 3.63) is 63.1 Å². The minimum atomic E-state index is -0.380. The normalized spacial score (nSPS) is 10.7. The summed E-state index contributed by atoms with van der Waals surface area (Å²) in [6.07, 6.45) is 2.95. The maximum absolute atomic E-state index is 12.2. The lowest BCUT2D eigenvalue weighted by Gasteiger charge is -2.16. The van der Waals surface area contributed by atoms with Gasteiger partial charge in [0.1, 0.15) is 5.75 Å². The number of methoxy groups -OCH3 is 1. The van der Waals surface area contributed by atoms with Gasteiger partial charge in [-0.3, -0.25) is 9.59 Å². The third kappa shape index (κ3) is 6.17. The molecule has 5 nitrogen and oxygen atoms in total. The van der Waals surface area contributed by atoms with Gasteiger partial charge in [-0.05, 0) is 42.0 Å². The average Bonchev–Trinajstić information content (AvgIpc) is 2.62. The molecule has 0 saturated carbocycles. The number of halogens is 3. The number of nitrogens with zero attached hydrogens (tertiary/aromatic N) is 1. The lowest BCUT2D eigenvalue weighted by Crippen LogP contribution is -2.33. The standard InChI is InChI=1S/C19H17Cl3N2O3/c1-24(19(26)8-4-12-3-6-14(21)15(22)9-12)11-18(25)23-16-10-13(20)5-7-17(16)27-2/h3-10H,11H2,1-2H3,(H,23,25)/b8-4+. The monoisotopic (exact) mass is 426 g/mol. The molecule has 0 aliphatic rings. The maximum atomic E-state index is 12.2. The highest BCUT2D eigenvalue weighted by atomic mass is 35.5. The Morgan fingerprint density at radius 3 is 2.52 bits per heavy atom. The van der Waals surface area contributed by atoms with E-state index in [1.165, 1.54) is 25.1 Å². The first kappa shape index (κ1) is 21.1. The Morgan fingerprint density at radius 2 is 1.85 bits per heavy atom. The summed E-state index contributed by atoms with van der Waals surface area (Å²) in [7, 11) is 3.01. The summed E-state index contributed by atoms with van der Waals surface area (Å²) in [4.78, 5) is 25.7. The van der Waals surface area contributed by atoms with Crippen LogP contribution in [0.4, 0.5) is 5.69 Å². The second-order valence-corrected chi connectivity index (χ2v) is 6.84. The van der Waals surface area contributed by atoms with Gasteiger partial charge in [-0.2, -0.15) is 0 Å². The van der Waals surface area contributed by atoms with Crippen molar-refractivity contribution in [2.24, 2.45) is 0 Å². The summed E-state index contributed by atoms with van der Waals surface area (Å²) in [5.41, 5.74) is 1.15. The van der Waals surface area contributed by atoms with Gasteiger partial charge in [-0.15, -0.1) is 0 Å². The minimum absolute atomic E-state index is 0.139. The van der Waals surface area contributed by atoms with Crippen molar-refractivity contribution < 1.29 is 14.3 Å². The third-order valence-corrected chi connectivity index (χ3v) is 4.53. The van der Waals surface area contributed by atoms with Crippen LogP contribution in [0.2, 0.25) is 15.1 Å². The summed E-state index contributed by atoms with van der Waals surface area (Å²) in [6.45, 7) is -0.139. The third-order valence-electron chi connectivity index (χ3n) is 3.55. The SMILES string of the molecule is COc1ccc(Cl)cc1NC(=O)CN(C)C(=O)/C=C/c1ccc(Cl)c(Cl)c1. The Morgan fingerprint density at radius 1 is 1.11 bits per heavy atom. The smallest absolute Gasteiger partial charge is 0.246 e. The number of ether oxygens (including phenoxy) is 1. The molecule has 2 aromatic carbocycles. The molecular weight excluding hydrogens is 411 g/mol. The number of hydrogen-bond acceptors (Lipinski definition) is 3. The van der Waals surface area contributed by atoms with Crippen LogP contribution in [0.25, 0.3) is 6.08 Å². The largest absolute Gasteiger partial charge is 0.495 e. The van der Waals surface area contributed by atoms with Crippen LogP contribution >= 0.6 is 34.8 Å². The fourth-order valence-electron chi connectivity index (χ4n) is 2.17. The lowest BCUT2D eigenvalue weighted by molar-refractivity contribution is -0.129. The molecule has 2 aromatic rings. The van der Waals surface area contributed by atoms with Gasteiger partial charge >= 0.3 is 0 Å². The predicted molar refractivity (Wildman–Crippen MR) is 110 cm³/mol. The molecule has 8 heteroatoms. The molecule has 0 fully saturated rings. The number of likely N-dealkylation sites (N-methyl/N-ethyl adjacent to an activating group) is 1. The fraction of sp³-hybridized carbons (Fsp3) is 0.158. The number of nitrogens with one attached hydrogen (secondary N) is 1. The van der Waals surface area contributed by atoms with E-state index in [4.69, 9.17) is 39.5 Å². The first-order valence-electron chi connectivity index (χ1n) is 7.81. The van der Waals surface area contributed by atoms with Crippen LogP contribution in [0.5, 0.6) is 5.75 Å². The maximum Gasteiger partial charge on any atom is 0.246 e. The fourth-order valence-corrected chi connectivity index (χ4v) is 2.65. The Labute approximate surface area is 172 Å². The van der Waals surface area contributed by atoms with E-state index in [1.54, 1.807) is 42.5 Å². The molecular formula is C19H17Cl3N2O3. The van der Waals surface area contributed by atoms with Gasteiger partial charge in [-0.1, -0.05) is 40.9 Å². The highest BCUT2D eigenvalue weighted by Crippen LogP contribution is 2.27. The lowest BCUT2D eigenvalue weighted by atomic mass is 10.2.